The lowest BCUT2D eigenvalue weighted by Crippen LogP contribution is -2.18. The van der Waals surface area contributed by atoms with Gasteiger partial charge in [0.25, 0.3) is 0 Å². The van der Waals surface area contributed by atoms with E-state index in [0.717, 1.165) is 5.75 Å². The number of hydrogen-bond donors (Lipinski definition) is 2. The fraction of sp³-hybridized carbons (Fsp3) is 0.455. The van der Waals surface area contributed by atoms with Crippen molar-refractivity contribution in [3.8, 4) is 5.75 Å². The van der Waals surface area contributed by atoms with Crippen LogP contribution >= 0.6 is 0 Å². The van der Waals surface area contributed by atoms with E-state index in [2.05, 4.69) is 0 Å². The molecule has 0 saturated carbocycles. The first-order chi connectivity index (χ1) is 6.72. The van der Waals surface area contributed by atoms with E-state index < -0.39 is 6.10 Å². The summed E-state index contributed by atoms with van der Waals surface area (Å²) in [5.41, 5.74) is 1.17. The summed E-state index contributed by atoms with van der Waals surface area (Å²) in [6, 6.07) is 7.63. The summed E-state index contributed by atoms with van der Waals surface area (Å²) in [6.07, 6.45) is -0.243. The molecule has 0 spiro atoms. The van der Waals surface area contributed by atoms with Crippen LogP contribution in [-0.4, -0.2) is 29.5 Å². The van der Waals surface area contributed by atoms with Crippen molar-refractivity contribution in [1.82, 2.24) is 0 Å². The monoisotopic (exact) mass is 196 g/mol. The lowest BCUT2D eigenvalue weighted by molar-refractivity contribution is 0.0821. The molecule has 0 aliphatic rings. The zero-order chi connectivity index (χ0) is 10.4. The number of aryl methyl sites for hydroxylation is 1. The normalized spacial score (nSPS) is 12.5. The van der Waals surface area contributed by atoms with Crippen LogP contribution in [0.1, 0.15) is 12.0 Å². The molecule has 3 nitrogen and oxygen atoms in total. The van der Waals surface area contributed by atoms with E-state index in [9.17, 15) is 5.11 Å². The Morgan fingerprint density at radius 3 is 2.50 bits per heavy atom. The van der Waals surface area contributed by atoms with Gasteiger partial charge in [-0.25, -0.2) is 0 Å². The third-order valence-electron chi connectivity index (χ3n) is 1.93. The third kappa shape index (κ3) is 3.77. The van der Waals surface area contributed by atoms with Crippen LogP contribution in [-0.2, 0) is 0 Å². The molecule has 0 aliphatic carbocycles. The van der Waals surface area contributed by atoms with Crippen molar-refractivity contribution in [3.63, 3.8) is 0 Å². The van der Waals surface area contributed by atoms with Crippen LogP contribution in [0.4, 0.5) is 0 Å². The Balaban J connectivity index is 2.34. The molecule has 78 valence electrons. The molecule has 0 bridgehead atoms. The second kappa shape index (κ2) is 5.62. The van der Waals surface area contributed by atoms with Crippen molar-refractivity contribution < 1.29 is 14.9 Å². The van der Waals surface area contributed by atoms with E-state index in [4.69, 9.17) is 9.84 Å². The number of aliphatic hydroxyl groups excluding tert-OH is 2. The lowest BCUT2D eigenvalue weighted by atomic mass is 10.2. The van der Waals surface area contributed by atoms with Crippen molar-refractivity contribution in [1.29, 1.82) is 0 Å². The Bertz CT molecular complexity index is 256. The molecule has 0 aliphatic heterocycles. The van der Waals surface area contributed by atoms with Crippen molar-refractivity contribution in [2.75, 3.05) is 13.2 Å². The molecular weight excluding hydrogens is 180 g/mol. The highest BCUT2D eigenvalue weighted by Crippen LogP contribution is 2.11. The summed E-state index contributed by atoms with van der Waals surface area (Å²) in [7, 11) is 0. The SMILES string of the molecule is Cc1ccc(OCC(O)CCO)cc1. The Kier molecular flexibility index (Phi) is 4.43. The highest BCUT2D eigenvalue weighted by Gasteiger charge is 2.03. The first-order valence-corrected chi connectivity index (χ1v) is 4.71. The molecule has 0 saturated heterocycles. The van der Waals surface area contributed by atoms with Crippen LogP contribution in [0.5, 0.6) is 5.75 Å². The molecular formula is C11H16O3. The Labute approximate surface area is 84.0 Å². The van der Waals surface area contributed by atoms with Crippen LogP contribution in [0.2, 0.25) is 0 Å². The van der Waals surface area contributed by atoms with Gasteiger partial charge in [0.15, 0.2) is 0 Å². The molecule has 3 heteroatoms. The van der Waals surface area contributed by atoms with Crippen molar-refractivity contribution in [2.45, 2.75) is 19.4 Å². The number of aliphatic hydroxyl groups is 2. The van der Waals surface area contributed by atoms with E-state index in [1.807, 2.05) is 31.2 Å². The van der Waals surface area contributed by atoms with Gasteiger partial charge in [-0.2, -0.15) is 0 Å². The summed E-state index contributed by atoms with van der Waals surface area (Å²) in [4.78, 5) is 0. The van der Waals surface area contributed by atoms with Gasteiger partial charge in [-0.1, -0.05) is 17.7 Å². The Morgan fingerprint density at radius 1 is 1.29 bits per heavy atom. The first kappa shape index (κ1) is 11.0. The van der Waals surface area contributed by atoms with Gasteiger partial charge in [0.1, 0.15) is 12.4 Å². The molecule has 1 aromatic carbocycles. The molecule has 1 rings (SSSR count). The summed E-state index contributed by atoms with van der Waals surface area (Å²) in [6.45, 7) is 2.21. The standard InChI is InChI=1S/C11H16O3/c1-9-2-4-11(5-3-9)14-8-10(13)6-7-12/h2-5,10,12-13H,6-8H2,1H3. The minimum absolute atomic E-state index is 0.0155. The van der Waals surface area contributed by atoms with Gasteiger partial charge in [-0.05, 0) is 25.5 Å². The molecule has 1 atom stereocenters. The van der Waals surface area contributed by atoms with E-state index in [-0.39, 0.29) is 13.2 Å². The summed E-state index contributed by atoms with van der Waals surface area (Å²) in [5, 5.41) is 17.8. The molecule has 1 unspecified atom stereocenters. The molecule has 0 heterocycles. The van der Waals surface area contributed by atoms with Crippen LogP contribution in [0.25, 0.3) is 0 Å². The van der Waals surface area contributed by atoms with Gasteiger partial charge >= 0.3 is 0 Å². The van der Waals surface area contributed by atoms with E-state index >= 15 is 0 Å². The molecule has 0 aromatic heterocycles. The quantitative estimate of drug-likeness (QED) is 0.742. The average molecular weight is 196 g/mol. The second-order valence-corrected chi connectivity index (χ2v) is 3.29. The lowest BCUT2D eigenvalue weighted by Gasteiger charge is -2.10. The smallest absolute Gasteiger partial charge is 0.119 e. The zero-order valence-corrected chi connectivity index (χ0v) is 8.31. The van der Waals surface area contributed by atoms with Crippen LogP contribution in [0.3, 0.4) is 0 Å². The Morgan fingerprint density at radius 2 is 1.93 bits per heavy atom. The summed E-state index contributed by atoms with van der Waals surface area (Å²) >= 11 is 0. The van der Waals surface area contributed by atoms with E-state index in [0.29, 0.717) is 6.42 Å². The van der Waals surface area contributed by atoms with Gasteiger partial charge < -0.3 is 14.9 Å². The van der Waals surface area contributed by atoms with Crippen molar-refractivity contribution in [3.05, 3.63) is 29.8 Å². The third-order valence-corrected chi connectivity index (χ3v) is 1.93. The van der Waals surface area contributed by atoms with E-state index in [1.165, 1.54) is 5.56 Å². The zero-order valence-electron chi connectivity index (χ0n) is 8.31. The first-order valence-electron chi connectivity index (χ1n) is 4.71. The minimum Gasteiger partial charge on any atom is -0.491 e. The maximum Gasteiger partial charge on any atom is 0.119 e. The number of benzene rings is 1. The van der Waals surface area contributed by atoms with E-state index in [1.54, 1.807) is 0 Å². The molecule has 14 heavy (non-hydrogen) atoms. The maximum absolute atomic E-state index is 9.28. The van der Waals surface area contributed by atoms with Gasteiger partial charge in [0.2, 0.25) is 0 Å². The second-order valence-electron chi connectivity index (χ2n) is 3.29. The fourth-order valence-electron chi connectivity index (χ4n) is 1.06. The highest BCUT2D eigenvalue weighted by atomic mass is 16.5. The maximum atomic E-state index is 9.28. The van der Waals surface area contributed by atoms with Crippen molar-refractivity contribution >= 4 is 0 Å². The number of hydrogen-bond acceptors (Lipinski definition) is 3. The van der Waals surface area contributed by atoms with Gasteiger partial charge in [0, 0.05) is 6.61 Å². The van der Waals surface area contributed by atoms with Crippen LogP contribution < -0.4 is 4.74 Å². The predicted octanol–water partition coefficient (Wildman–Crippen LogP) is 1.12. The Hall–Kier alpha value is -1.06. The summed E-state index contributed by atoms with van der Waals surface area (Å²) in [5.74, 6) is 0.743. The predicted molar refractivity (Wildman–Crippen MR) is 54.4 cm³/mol. The molecule has 0 amide bonds. The summed E-state index contributed by atoms with van der Waals surface area (Å²) < 4.78 is 5.31. The molecule has 2 N–H and O–H groups in total. The van der Waals surface area contributed by atoms with Crippen LogP contribution in [0.15, 0.2) is 24.3 Å². The largest absolute Gasteiger partial charge is 0.491 e. The highest BCUT2D eigenvalue weighted by molar-refractivity contribution is 5.26. The average Bonchev–Trinajstić information content (AvgIpc) is 2.17. The molecule has 0 fully saturated rings. The van der Waals surface area contributed by atoms with Crippen molar-refractivity contribution in [2.24, 2.45) is 0 Å². The van der Waals surface area contributed by atoms with Gasteiger partial charge in [-0.3, -0.25) is 0 Å². The molecule has 0 radical (unpaired) electrons. The fourth-order valence-corrected chi connectivity index (χ4v) is 1.06. The van der Waals surface area contributed by atoms with Gasteiger partial charge in [0.05, 0.1) is 6.10 Å². The van der Waals surface area contributed by atoms with Gasteiger partial charge in [-0.15, -0.1) is 0 Å². The number of ether oxygens (including phenoxy) is 1. The minimum atomic E-state index is -0.596. The van der Waals surface area contributed by atoms with Crippen LogP contribution in [0, 0.1) is 6.92 Å². The molecule has 1 aromatic rings. The topological polar surface area (TPSA) is 49.7 Å². The number of rotatable bonds is 5.